The van der Waals surface area contributed by atoms with Crippen LogP contribution in [-0.4, -0.2) is 30.1 Å². The van der Waals surface area contributed by atoms with E-state index >= 15 is 0 Å². The number of amides is 2. The third-order valence-corrected chi connectivity index (χ3v) is 2.77. The van der Waals surface area contributed by atoms with E-state index in [1.54, 1.807) is 25.1 Å². The third-order valence-electron chi connectivity index (χ3n) is 2.27. The molecular weight excluding hydrogens is 256 g/mol. The minimum Gasteiger partial charge on any atom is -0.396 e. The highest BCUT2D eigenvalue weighted by Gasteiger charge is 2.14. The summed E-state index contributed by atoms with van der Waals surface area (Å²) in [7, 11) is 0. The van der Waals surface area contributed by atoms with Crippen LogP contribution in [0.2, 0.25) is 5.02 Å². The summed E-state index contributed by atoms with van der Waals surface area (Å²) < 4.78 is 0. The molecule has 0 heterocycles. The van der Waals surface area contributed by atoms with Gasteiger partial charge < -0.3 is 15.7 Å². The van der Waals surface area contributed by atoms with Gasteiger partial charge in [-0.15, -0.1) is 0 Å². The van der Waals surface area contributed by atoms with Crippen molar-refractivity contribution in [2.24, 2.45) is 0 Å². The van der Waals surface area contributed by atoms with Gasteiger partial charge in [0.25, 0.3) is 0 Å². The SMILES string of the molecule is Cc1cccc(NC(=O)C(=O)NCCCO)c1Cl. The molecule has 2 amide bonds. The van der Waals surface area contributed by atoms with Gasteiger partial charge in [-0.3, -0.25) is 9.59 Å². The van der Waals surface area contributed by atoms with Crippen LogP contribution in [0.15, 0.2) is 18.2 Å². The molecule has 6 heteroatoms. The lowest BCUT2D eigenvalue weighted by atomic mass is 10.2. The number of hydrogen-bond acceptors (Lipinski definition) is 3. The molecule has 1 rings (SSSR count). The second kappa shape index (κ2) is 6.98. The molecule has 0 radical (unpaired) electrons. The van der Waals surface area contributed by atoms with E-state index in [4.69, 9.17) is 16.7 Å². The summed E-state index contributed by atoms with van der Waals surface area (Å²) >= 11 is 5.99. The van der Waals surface area contributed by atoms with E-state index < -0.39 is 11.8 Å². The Kier molecular flexibility index (Phi) is 5.61. The Morgan fingerprint density at radius 3 is 2.72 bits per heavy atom. The van der Waals surface area contributed by atoms with Gasteiger partial charge in [0.15, 0.2) is 0 Å². The van der Waals surface area contributed by atoms with Crippen molar-refractivity contribution in [1.29, 1.82) is 0 Å². The van der Waals surface area contributed by atoms with Crippen molar-refractivity contribution in [1.82, 2.24) is 5.32 Å². The van der Waals surface area contributed by atoms with Gasteiger partial charge in [-0.1, -0.05) is 23.7 Å². The molecule has 5 nitrogen and oxygen atoms in total. The number of benzene rings is 1. The van der Waals surface area contributed by atoms with Crippen molar-refractivity contribution in [2.75, 3.05) is 18.5 Å². The van der Waals surface area contributed by atoms with Crippen LogP contribution >= 0.6 is 11.6 Å². The molecule has 0 saturated carbocycles. The lowest BCUT2D eigenvalue weighted by Crippen LogP contribution is -2.36. The van der Waals surface area contributed by atoms with Gasteiger partial charge in [0, 0.05) is 13.2 Å². The van der Waals surface area contributed by atoms with Crippen molar-refractivity contribution >= 4 is 29.1 Å². The maximum Gasteiger partial charge on any atom is 0.313 e. The topological polar surface area (TPSA) is 78.4 Å². The van der Waals surface area contributed by atoms with E-state index in [0.717, 1.165) is 5.56 Å². The second-order valence-electron chi connectivity index (χ2n) is 3.72. The van der Waals surface area contributed by atoms with E-state index in [9.17, 15) is 9.59 Å². The summed E-state index contributed by atoms with van der Waals surface area (Å²) in [5, 5.41) is 13.8. The first-order valence-electron chi connectivity index (χ1n) is 5.51. The number of aliphatic hydroxyl groups excluding tert-OH is 1. The standard InChI is InChI=1S/C12H15ClN2O3/c1-8-4-2-5-9(10(8)13)15-12(18)11(17)14-6-3-7-16/h2,4-5,16H,3,6-7H2,1H3,(H,14,17)(H,15,18). The molecule has 18 heavy (non-hydrogen) atoms. The van der Waals surface area contributed by atoms with Crippen LogP contribution in [0, 0.1) is 6.92 Å². The first kappa shape index (κ1) is 14.5. The van der Waals surface area contributed by atoms with Gasteiger partial charge in [0.1, 0.15) is 0 Å². The maximum absolute atomic E-state index is 11.5. The Morgan fingerprint density at radius 1 is 1.33 bits per heavy atom. The molecule has 0 bridgehead atoms. The van der Waals surface area contributed by atoms with E-state index in [-0.39, 0.29) is 13.2 Å². The molecule has 0 unspecified atom stereocenters. The molecule has 1 aromatic rings. The predicted molar refractivity (Wildman–Crippen MR) is 69.5 cm³/mol. The number of anilines is 1. The number of carbonyl (C=O) groups excluding carboxylic acids is 2. The summed E-state index contributed by atoms with van der Waals surface area (Å²) in [5.41, 5.74) is 1.22. The van der Waals surface area contributed by atoms with Crippen molar-refractivity contribution in [3.63, 3.8) is 0 Å². The maximum atomic E-state index is 11.5. The van der Waals surface area contributed by atoms with Crippen LogP contribution in [0.4, 0.5) is 5.69 Å². The lowest BCUT2D eigenvalue weighted by molar-refractivity contribution is -0.136. The number of halogens is 1. The van der Waals surface area contributed by atoms with E-state index in [0.29, 0.717) is 17.1 Å². The third kappa shape index (κ3) is 4.01. The molecule has 0 atom stereocenters. The Labute approximate surface area is 110 Å². The van der Waals surface area contributed by atoms with Crippen LogP contribution < -0.4 is 10.6 Å². The van der Waals surface area contributed by atoms with Crippen LogP contribution in [0.5, 0.6) is 0 Å². The van der Waals surface area contributed by atoms with Crippen molar-refractivity contribution in [3.05, 3.63) is 28.8 Å². The molecule has 0 aliphatic carbocycles. The summed E-state index contributed by atoms with van der Waals surface area (Å²) in [6, 6.07) is 5.16. The van der Waals surface area contributed by atoms with E-state index in [2.05, 4.69) is 10.6 Å². The number of nitrogens with one attached hydrogen (secondary N) is 2. The Balaban J connectivity index is 2.59. The average Bonchev–Trinajstić information content (AvgIpc) is 2.35. The van der Waals surface area contributed by atoms with Gasteiger partial charge >= 0.3 is 11.8 Å². The molecule has 98 valence electrons. The number of carbonyl (C=O) groups is 2. The molecule has 0 saturated heterocycles. The zero-order valence-corrected chi connectivity index (χ0v) is 10.8. The molecule has 0 spiro atoms. The molecule has 0 fully saturated rings. The number of aliphatic hydroxyl groups is 1. The van der Waals surface area contributed by atoms with Crippen LogP contribution in [0.3, 0.4) is 0 Å². The molecule has 3 N–H and O–H groups in total. The quantitative estimate of drug-likeness (QED) is 0.566. The van der Waals surface area contributed by atoms with Crippen LogP contribution in [0.1, 0.15) is 12.0 Å². The Hall–Kier alpha value is -1.59. The molecule has 0 aliphatic heterocycles. The molecule has 0 aromatic heterocycles. The Morgan fingerprint density at radius 2 is 2.06 bits per heavy atom. The Bertz CT molecular complexity index is 449. The van der Waals surface area contributed by atoms with Crippen LogP contribution in [0.25, 0.3) is 0 Å². The zero-order chi connectivity index (χ0) is 13.5. The highest BCUT2D eigenvalue weighted by molar-refractivity contribution is 6.41. The van der Waals surface area contributed by atoms with Gasteiger partial charge in [0.05, 0.1) is 10.7 Å². The van der Waals surface area contributed by atoms with Gasteiger partial charge in [-0.05, 0) is 25.0 Å². The minimum absolute atomic E-state index is 0.0361. The van der Waals surface area contributed by atoms with Gasteiger partial charge in [-0.2, -0.15) is 0 Å². The predicted octanol–water partition coefficient (Wildman–Crippen LogP) is 1.09. The van der Waals surface area contributed by atoms with E-state index in [1.807, 2.05) is 0 Å². The van der Waals surface area contributed by atoms with E-state index in [1.165, 1.54) is 0 Å². The summed E-state index contributed by atoms with van der Waals surface area (Å²) in [5.74, 6) is -1.53. The first-order valence-corrected chi connectivity index (χ1v) is 5.89. The first-order chi connectivity index (χ1) is 8.56. The second-order valence-corrected chi connectivity index (χ2v) is 4.10. The van der Waals surface area contributed by atoms with Gasteiger partial charge in [0.2, 0.25) is 0 Å². The highest BCUT2D eigenvalue weighted by Crippen LogP contribution is 2.24. The molecule has 1 aromatic carbocycles. The zero-order valence-electron chi connectivity index (χ0n) is 10.00. The van der Waals surface area contributed by atoms with Gasteiger partial charge in [-0.25, -0.2) is 0 Å². The highest BCUT2D eigenvalue weighted by atomic mass is 35.5. The summed E-state index contributed by atoms with van der Waals surface area (Å²) in [6.45, 7) is 2.02. The van der Waals surface area contributed by atoms with Crippen molar-refractivity contribution < 1.29 is 14.7 Å². The largest absolute Gasteiger partial charge is 0.396 e. The smallest absolute Gasteiger partial charge is 0.313 e. The fourth-order valence-electron chi connectivity index (χ4n) is 1.28. The summed E-state index contributed by atoms with van der Waals surface area (Å²) in [6.07, 6.45) is 0.407. The van der Waals surface area contributed by atoms with Crippen molar-refractivity contribution in [2.45, 2.75) is 13.3 Å². The molecule has 0 aliphatic rings. The minimum atomic E-state index is -0.777. The number of rotatable bonds is 4. The molecular formula is C12H15ClN2O3. The van der Waals surface area contributed by atoms with Crippen LogP contribution in [-0.2, 0) is 9.59 Å². The monoisotopic (exact) mass is 270 g/mol. The number of aryl methyl sites for hydroxylation is 1. The normalized spacial score (nSPS) is 9.94. The lowest BCUT2D eigenvalue weighted by Gasteiger charge is -2.08. The van der Waals surface area contributed by atoms with Crippen molar-refractivity contribution in [3.8, 4) is 0 Å². The average molecular weight is 271 g/mol. The number of hydrogen-bond donors (Lipinski definition) is 3. The fourth-order valence-corrected chi connectivity index (χ4v) is 1.46. The summed E-state index contributed by atoms with van der Waals surface area (Å²) in [4.78, 5) is 22.9. The fraction of sp³-hybridized carbons (Fsp3) is 0.333.